The predicted octanol–water partition coefficient (Wildman–Crippen LogP) is 4.74. The molecule has 4 rings (SSSR count). The van der Waals surface area contributed by atoms with Crippen molar-refractivity contribution in [1.29, 1.82) is 0 Å². The van der Waals surface area contributed by atoms with Crippen molar-refractivity contribution in [2.75, 3.05) is 13.2 Å². The van der Waals surface area contributed by atoms with E-state index in [-0.39, 0.29) is 18.2 Å². The summed E-state index contributed by atoms with van der Waals surface area (Å²) >= 11 is 0. The second-order valence-electron chi connectivity index (χ2n) is 7.95. The highest BCUT2D eigenvalue weighted by Crippen LogP contribution is 2.21. The molecule has 1 saturated heterocycles. The number of piperidine rings is 1. The number of benzene rings is 3. The molecule has 3 atom stereocenters. The lowest BCUT2D eigenvalue weighted by atomic mass is 9.98. The number of hydrogen-bond acceptors (Lipinski definition) is 4. The highest BCUT2D eigenvalue weighted by atomic mass is 16.5. The summed E-state index contributed by atoms with van der Waals surface area (Å²) in [6.45, 7) is 3.23. The highest BCUT2D eigenvalue weighted by Gasteiger charge is 2.35. The fourth-order valence-corrected chi connectivity index (χ4v) is 3.93. The largest absolute Gasteiger partial charge is 0.375 e. The van der Waals surface area contributed by atoms with E-state index in [1.807, 2.05) is 54.6 Å². The summed E-state index contributed by atoms with van der Waals surface area (Å²) in [5.74, 6) is 0. The first kappa shape index (κ1) is 21.7. The third kappa shape index (κ3) is 6.74. The third-order valence-corrected chi connectivity index (χ3v) is 5.60. The van der Waals surface area contributed by atoms with E-state index < -0.39 is 0 Å². The second-order valence-corrected chi connectivity index (χ2v) is 7.95. The molecule has 31 heavy (non-hydrogen) atoms. The van der Waals surface area contributed by atoms with Gasteiger partial charge in [-0.2, -0.15) is 0 Å². The van der Waals surface area contributed by atoms with Crippen molar-refractivity contribution in [3.8, 4) is 0 Å². The molecule has 0 bridgehead atoms. The summed E-state index contributed by atoms with van der Waals surface area (Å²) in [7, 11) is 0. The molecule has 0 aromatic heterocycles. The molecule has 0 amide bonds. The van der Waals surface area contributed by atoms with Gasteiger partial charge in [0.15, 0.2) is 0 Å². The molecule has 1 fully saturated rings. The lowest BCUT2D eigenvalue weighted by Gasteiger charge is -2.38. The maximum absolute atomic E-state index is 6.42. The van der Waals surface area contributed by atoms with E-state index in [1.54, 1.807) is 0 Å². The van der Waals surface area contributed by atoms with Crippen LogP contribution in [0.1, 0.15) is 23.1 Å². The predicted molar refractivity (Wildman–Crippen MR) is 123 cm³/mol. The van der Waals surface area contributed by atoms with E-state index in [0.717, 1.165) is 13.0 Å². The van der Waals surface area contributed by atoms with Crippen molar-refractivity contribution in [3.05, 3.63) is 108 Å². The minimum Gasteiger partial charge on any atom is -0.375 e. The number of nitrogens with one attached hydrogen (secondary N) is 1. The molecular formula is C27H31NO3. The van der Waals surface area contributed by atoms with Crippen molar-refractivity contribution in [2.24, 2.45) is 0 Å². The van der Waals surface area contributed by atoms with Crippen LogP contribution in [0.5, 0.6) is 0 Å². The molecule has 3 aromatic carbocycles. The zero-order valence-electron chi connectivity index (χ0n) is 17.9. The summed E-state index contributed by atoms with van der Waals surface area (Å²) in [5, 5.41) is 3.59. The average Bonchev–Trinajstić information content (AvgIpc) is 2.84. The van der Waals surface area contributed by atoms with Crippen LogP contribution in [0.4, 0.5) is 0 Å². The fraction of sp³-hybridized carbons (Fsp3) is 0.333. The van der Waals surface area contributed by atoms with Gasteiger partial charge in [-0.3, -0.25) is 0 Å². The zero-order chi connectivity index (χ0) is 21.1. The molecule has 0 aliphatic carbocycles. The van der Waals surface area contributed by atoms with Crippen molar-refractivity contribution in [3.63, 3.8) is 0 Å². The van der Waals surface area contributed by atoms with Gasteiger partial charge in [0, 0.05) is 0 Å². The zero-order valence-corrected chi connectivity index (χ0v) is 17.9. The smallest absolute Gasteiger partial charge is 0.102 e. The molecule has 0 unspecified atom stereocenters. The molecular weight excluding hydrogens is 386 g/mol. The monoisotopic (exact) mass is 417 g/mol. The van der Waals surface area contributed by atoms with Crippen molar-refractivity contribution in [1.82, 2.24) is 5.32 Å². The molecule has 1 heterocycles. The Kier molecular flexibility index (Phi) is 8.25. The van der Waals surface area contributed by atoms with Gasteiger partial charge >= 0.3 is 0 Å². The molecule has 4 nitrogen and oxygen atoms in total. The Morgan fingerprint density at radius 2 is 1.16 bits per heavy atom. The van der Waals surface area contributed by atoms with Crippen LogP contribution in [0.15, 0.2) is 91.0 Å². The second kappa shape index (κ2) is 11.8. The average molecular weight is 418 g/mol. The first-order valence-corrected chi connectivity index (χ1v) is 11.0. The van der Waals surface area contributed by atoms with Crippen LogP contribution >= 0.6 is 0 Å². The van der Waals surface area contributed by atoms with Gasteiger partial charge < -0.3 is 19.5 Å². The van der Waals surface area contributed by atoms with Crippen LogP contribution in [0.25, 0.3) is 0 Å². The van der Waals surface area contributed by atoms with E-state index in [4.69, 9.17) is 14.2 Å². The van der Waals surface area contributed by atoms with Crippen LogP contribution in [-0.4, -0.2) is 31.4 Å². The van der Waals surface area contributed by atoms with Crippen LogP contribution in [0.2, 0.25) is 0 Å². The van der Waals surface area contributed by atoms with Crippen molar-refractivity contribution in [2.45, 2.75) is 44.5 Å². The van der Waals surface area contributed by atoms with E-state index in [1.165, 1.54) is 16.7 Å². The van der Waals surface area contributed by atoms with Crippen LogP contribution in [-0.2, 0) is 34.0 Å². The Bertz CT molecular complexity index is 873. The minimum absolute atomic E-state index is 0.0236. The van der Waals surface area contributed by atoms with Gasteiger partial charge in [-0.25, -0.2) is 0 Å². The van der Waals surface area contributed by atoms with Crippen molar-refractivity contribution >= 4 is 0 Å². The molecule has 1 N–H and O–H groups in total. The summed E-state index contributed by atoms with van der Waals surface area (Å²) in [5.41, 5.74) is 3.52. The maximum atomic E-state index is 6.42. The molecule has 0 spiro atoms. The summed E-state index contributed by atoms with van der Waals surface area (Å²) in [4.78, 5) is 0. The van der Waals surface area contributed by atoms with Crippen molar-refractivity contribution < 1.29 is 14.2 Å². The van der Waals surface area contributed by atoms with Gasteiger partial charge in [-0.15, -0.1) is 0 Å². The summed E-state index contributed by atoms with van der Waals surface area (Å²) in [6.07, 6.45) is 0.866. The first-order valence-electron chi connectivity index (χ1n) is 11.0. The third-order valence-electron chi connectivity index (χ3n) is 5.60. The molecule has 0 radical (unpaired) electrons. The molecule has 0 saturated carbocycles. The van der Waals surface area contributed by atoms with Crippen LogP contribution in [0, 0.1) is 0 Å². The number of rotatable bonds is 10. The SMILES string of the molecule is c1ccc(COC[C@H]2NCC[C@@H](OCc3ccccc3)[C@H]2OCc2ccccc2)cc1. The standard InChI is InChI=1S/C27H31NO3/c1-4-10-22(11-5-1)18-29-21-25-27(31-20-24-14-8-3-9-15-24)26(16-17-28-25)30-19-23-12-6-2-7-13-23/h1-15,25-28H,16-21H2/t25-,26-,27+/m1/s1. The van der Waals surface area contributed by atoms with Gasteiger partial charge in [-0.1, -0.05) is 91.0 Å². The summed E-state index contributed by atoms with van der Waals surface area (Å²) < 4.78 is 18.8. The normalized spacial score (nSPS) is 21.1. The number of hydrogen-bond donors (Lipinski definition) is 1. The van der Waals surface area contributed by atoms with Crippen LogP contribution < -0.4 is 5.32 Å². The van der Waals surface area contributed by atoms with E-state index in [0.29, 0.717) is 26.4 Å². The first-order chi connectivity index (χ1) is 15.4. The quantitative estimate of drug-likeness (QED) is 0.517. The van der Waals surface area contributed by atoms with Gasteiger partial charge in [0.05, 0.1) is 38.6 Å². The lowest BCUT2D eigenvalue weighted by Crippen LogP contribution is -2.56. The Morgan fingerprint density at radius 1 is 0.645 bits per heavy atom. The highest BCUT2D eigenvalue weighted by molar-refractivity contribution is 5.15. The summed E-state index contributed by atoms with van der Waals surface area (Å²) in [6, 6.07) is 31.0. The fourth-order valence-electron chi connectivity index (χ4n) is 3.93. The van der Waals surface area contributed by atoms with E-state index in [2.05, 4.69) is 41.7 Å². The molecule has 1 aliphatic rings. The van der Waals surface area contributed by atoms with E-state index in [9.17, 15) is 0 Å². The molecule has 3 aromatic rings. The number of ether oxygens (including phenoxy) is 3. The molecule has 162 valence electrons. The van der Waals surface area contributed by atoms with Gasteiger partial charge in [-0.05, 0) is 29.7 Å². The van der Waals surface area contributed by atoms with Gasteiger partial charge in [0.1, 0.15) is 6.10 Å². The topological polar surface area (TPSA) is 39.7 Å². The van der Waals surface area contributed by atoms with Crippen LogP contribution in [0.3, 0.4) is 0 Å². The lowest BCUT2D eigenvalue weighted by molar-refractivity contribution is -0.125. The Labute approximate surface area is 185 Å². The van der Waals surface area contributed by atoms with E-state index >= 15 is 0 Å². The van der Waals surface area contributed by atoms with Gasteiger partial charge in [0.25, 0.3) is 0 Å². The van der Waals surface area contributed by atoms with Gasteiger partial charge in [0.2, 0.25) is 0 Å². The Balaban J connectivity index is 1.38. The molecule has 1 aliphatic heterocycles. The molecule has 4 heteroatoms. The Morgan fingerprint density at radius 3 is 1.74 bits per heavy atom. The maximum Gasteiger partial charge on any atom is 0.102 e. The minimum atomic E-state index is -0.0755. The Hall–Kier alpha value is -2.50.